The lowest BCUT2D eigenvalue weighted by atomic mass is 10.1. The van der Waals surface area contributed by atoms with Crippen LogP contribution in [-0.4, -0.2) is 37.7 Å². The molecular formula is C20H24N2O4. The molecule has 6 nitrogen and oxygen atoms in total. The van der Waals surface area contributed by atoms with Crippen molar-refractivity contribution < 1.29 is 19.4 Å². The number of carboxylic acids is 1. The van der Waals surface area contributed by atoms with Gasteiger partial charge in [-0.3, -0.25) is 4.79 Å². The Labute approximate surface area is 153 Å². The molecule has 0 bridgehead atoms. The van der Waals surface area contributed by atoms with E-state index in [2.05, 4.69) is 23.5 Å². The monoisotopic (exact) mass is 356 g/mol. The molecule has 0 radical (unpaired) electrons. The summed E-state index contributed by atoms with van der Waals surface area (Å²) in [4.78, 5) is 24.9. The van der Waals surface area contributed by atoms with Gasteiger partial charge in [-0.25, -0.2) is 4.79 Å². The first-order valence-electron chi connectivity index (χ1n) is 8.25. The van der Waals surface area contributed by atoms with Crippen molar-refractivity contribution in [3.8, 4) is 0 Å². The van der Waals surface area contributed by atoms with Gasteiger partial charge in [0.05, 0.1) is 11.3 Å². The van der Waals surface area contributed by atoms with Crippen LogP contribution in [0.5, 0.6) is 0 Å². The second-order valence-corrected chi connectivity index (χ2v) is 6.27. The molecule has 138 valence electrons. The van der Waals surface area contributed by atoms with Gasteiger partial charge in [-0.15, -0.1) is 0 Å². The summed E-state index contributed by atoms with van der Waals surface area (Å²) in [6, 6.07) is 11.2. The molecule has 0 unspecified atom stereocenters. The minimum Gasteiger partial charge on any atom is -0.478 e. The zero-order valence-electron chi connectivity index (χ0n) is 15.5. The number of hydrogen-bond donors (Lipinski definition) is 2. The van der Waals surface area contributed by atoms with Crippen LogP contribution in [0.1, 0.15) is 27.0 Å². The summed E-state index contributed by atoms with van der Waals surface area (Å²) in [6.07, 6.45) is 0. The normalized spacial score (nSPS) is 10.5. The number of carbonyl (C=O) groups is 2. The Balaban J connectivity index is 2.22. The summed E-state index contributed by atoms with van der Waals surface area (Å²) in [6.45, 7) is 4.56. The highest BCUT2D eigenvalue weighted by atomic mass is 16.5. The van der Waals surface area contributed by atoms with Gasteiger partial charge >= 0.3 is 5.97 Å². The fourth-order valence-corrected chi connectivity index (χ4v) is 2.84. The fourth-order valence-electron chi connectivity index (χ4n) is 2.84. The summed E-state index contributed by atoms with van der Waals surface area (Å²) >= 11 is 0. The Bertz CT molecular complexity index is 797. The number of likely N-dealkylation sites (N-methyl/N-ethyl adjacent to an activating group) is 1. The molecule has 26 heavy (non-hydrogen) atoms. The smallest absolute Gasteiger partial charge is 0.337 e. The van der Waals surface area contributed by atoms with Crippen LogP contribution in [0, 0.1) is 13.8 Å². The molecule has 1 amide bonds. The van der Waals surface area contributed by atoms with Crippen molar-refractivity contribution in [2.75, 3.05) is 31.0 Å². The number of ether oxygens (including phenoxy) is 1. The molecule has 6 heteroatoms. The highest BCUT2D eigenvalue weighted by molar-refractivity contribution is 6.02. The van der Waals surface area contributed by atoms with Gasteiger partial charge < -0.3 is 20.1 Å². The topological polar surface area (TPSA) is 78.9 Å². The number of anilines is 2. The third-order valence-corrected chi connectivity index (χ3v) is 4.01. The first kappa shape index (κ1) is 19.5. The number of rotatable bonds is 7. The third-order valence-electron chi connectivity index (χ3n) is 4.01. The number of carbonyl (C=O) groups excluding carboxylic acids is 1. The van der Waals surface area contributed by atoms with Crippen molar-refractivity contribution in [3.63, 3.8) is 0 Å². The van der Waals surface area contributed by atoms with Gasteiger partial charge in [0.25, 0.3) is 5.91 Å². The highest BCUT2D eigenvalue weighted by Gasteiger charge is 2.18. The molecule has 0 aliphatic rings. The molecule has 2 aromatic carbocycles. The number of nitrogens with zero attached hydrogens (tertiary/aromatic N) is 1. The lowest BCUT2D eigenvalue weighted by Gasteiger charge is -2.20. The van der Waals surface area contributed by atoms with E-state index < -0.39 is 5.97 Å². The van der Waals surface area contributed by atoms with Gasteiger partial charge in [0, 0.05) is 26.4 Å². The van der Waals surface area contributed by atoms with Crippen molar-refractivity contribution >= 4 is 23.3 Å². The Hall–Kier alpha value is -2.86. The maximum Gasteiger partial charge on any atom is 0.337 e. The molecule has 0 aliphatic heterocycles. The van der Waals surface area contributed by atoms with Gasteiger partial charge in [-0.1, -0.05) is 29.3 Å². The molecule has 0 saturated heterocycles. The average molecular weight is 356 g/mol. The second-order valence-electron chi connectivity index (χ2n) is 6.27. The molecule has 0 fully saturated rings. The van der Waals surface area contributed by atoms with Crippen LogP contribution >= 0.6 is 0 Å². The minimum atomic E-state index is -1.09. The van der Waals surface area contributed by atoms with Gasteiger partial charge in [-0.05, 0) is 37.6 Å². The number of amides is 1. The number of aromatic carboxylic acids is 1. The van der Waals surface area contributed by atoms with E-state index in [4.69, 9.17) is 4.74 Å². The molecule has 0 saturated carbocycles. The summed E-state index contributed by atoms with van der Waals surface area (Å²) in [5, 5.41) is 12.8. The number of methoxy groups -OCH3 is 1. The molecule has 0 aromatic heterocycles. The van der Waals surface area contributed by atoms with Crippen LogP contribution in [0.2, 0.25) is 0 Å². The largest absolute Gasteiger partial charge is 0.478 e. The molecule has 0 atom stereocenters. The molecule has 0 heterocycles. The molecule has 2 N–H and O–H groups in total. The van der Waals surface area contributed by atoms with Gasteiger partial charge in [0.1, 0.15) is 6.61 Å². The standard InChI is InChI=1S/C20H24N2O4/c1-13-7-14(2)9-15(8-13)11-21-16-5-6-18(17(10-16)20(24)25)22(3)19(23)12-26-4/h5-10,21H,11-12H2,1-4H3,(H,24,25). The second kappa shape index (κ2) is 8.49. The first-order valence-corrected chi connectivity index (χ1v) is 8.25. The quantitative estimate of drug-likeness (QED) is 0.796. The Morgan fingerprint density at radius 1 is 1.12 bits per heavy atom. The fraction of sp³-hybridized carbons (Fsp3) is 0.300. The Kier molecular flexibility index (Phi) is 6.36. The van der Waals surface area contributed by atoms with Gasteiger partial charge in [0.15, 0.2) is 0 Å². The first-order chi connectivity index (χ1) is 12.3. The van der Waals surface area contributed by atoms with Crippen molar-refractivity contribution in [2.24, 2.45) is 0 Å². The third kappa shape index (κ3) is 4.83. The van der Waals surface area contributed by atoms with E-state index >= 15 is 0 Å². The lowest BCUT2D eigenvalue weighted by Crippen LogP contribution is -2.31. The van der Waals surface area contributed by atoms with Gasteiger partial charge in [0.2, 0.25) is 0 Å². The van der Waals surface area contributed by atoms with Crippen LogP contribution < -0.4 is 10.2 Å². The molecule has 2 aromatic rings. The average Bonchev–Trinajstić information content (AvgIpc) is 2.58. The van der Waals surface area contributed by atoms with Crippen LogP contribution in [0.4, 0.5) is 11.4 Å². The van der Waals surface area contributed by atoms with Crippen molar-refractivity contribution in [1.29, 1.82) is 0 Å². The Morgan fingerprint density at radius 3 is 2.35 bits per heavy atom. The number of hydrogen-bond acceptors (Lipinski definition) is 4. The van der Waals surface area contributed by atoms with Crippen molar-refractivity contribution in [2.45, 2.75) is 20.4 Å². The van der Waals surface area contributed by atoms with E-state index in [1.807, 2.05) is 13.8 Å². The number of aryl methyl sites for hydroxylation is 2. The summed E-state index contributed by atoms with van der Waals surface area (Å²) in [7, 11) is 2.95. The zero-order chi connectivity index (χ0) is 19.3. The zero-order valence-corrected chi connectivity index (χ0v) is 15.5. The molecule has 0 spiro atoms. The molecular weight excluding hydrogens is 332 g/mol. The summed E-state index contributed by atoms with van der Waals surface area (Å²) < 4.78 is 4.83. The predicted molar refractivity (Wildman–Crippen MR) is 102 cm³/mol. The maximum absolute atomic E-state index is 12.0. The van der Waals surface area contributed by atoms with E-state index in [9.17, 15) is 14.7 Å². The molecule has 2 rings (SSSR count). The number of benzene rings is 2. The van der Waals surface area contributed by atoms with Crippen LogP contribution in [-0.2, 0) is 16.1 Å². The minimum absolute atomic E-state index is 0.0578. The predicted octanol–water partition coefficient (Wildman–Crippen LogP) is 3.22. The maximum atomic E-state index is 12.0. The van der Waals surface area contributed by atoms with Crippen LogP contribution in [0.3, 0.4) is 0 Å². The van der Waals surface area contributed by atoms with E-state index in [-0.39, 0.29) is 18.1 Å². The van der Waals surface area contributed by atoms with E-state index in [1.165, 1.54) is 36.3 Å². The molecule has 0 aliphatic carbocycles. The number of nitrogens with one attached hydrogen (secondary N) is 1. The number of carboxylic acid groups (broad SMARTS) is 1. The van der Waals surface area contributed by atoms with Crippen LogP contribution in [0.15, 0.2) is 36.4 Å². The SMILES string of the molecule is COCC(=O)N(C)c1ccc(NCc2cc(C)cc(C)c2)cc1C(=O)O. The highest BCUT2D eigenvalue weighted by Crippen LogP contribution is 2.24. The van der Waals surface area contributed by atoms with Crippen LogP contribution in [0.25, 0.3) is 0 Å². The van der Waals surface area contributed by atoms with Crippen molar-refractivity contribution in [3.05, 3.63) is 58.7 Å². The van der Waals surface area contributed by atoms with E-state index in [0.717, 1.165) is 5.56 Å². The summed E-state index contributed by atoms with van der Waals surface area (Å²) in [5.41, 5.74) is 4.55. The summed E-state index contributed by atoms with van der Waals surface area (Å²) in [5.74, 6) is -1.40. The Morgan fingerprint density at radius 2 is 1.77 bits per heavy atom. The lowest BCUT2D eigenvalue weighted by molar-refractivity contribution is -0.121. The van der Waals surface area contributed by atoms with Gasteiger partial charge in [-0.2, -0.15) is 0 Å². The van der Waals surface area contributed by atoms with E-state index in [0.29, 0.717) is 17.9 Å². The van der Waals surface area contributed by atoms with E-state index in [1.54, 1.807) is 12.1 Å². The van der Waals surface area contributed by atoms with Crippen molar-refractivity contribution in [1.82, 2.24) is 0 Å².